The lowest BCUT2D eigenvalue weighted by Gasteiger charge is -2.00. The van der Waals surface area contributed by atoms with Crippen molar-refractivity contribution in [2.75, 3.05) is 5.73 Å². The van der Waals surface area contributed by atoms with Crippen molar-refractivity contribution < 1.29 is 0 Å². The molecular formula is C11H7BrN2. The maximum Gasteiger partial charge on any atom is 0.137 e. The first-order chi connectivity index (χ1) is 6.81. The quantitative estimate of drug-likeness (QED) is 0.726. The van der Waals surface area contributed by atoms with Crippen molar-refractivity contribution in [3.8, 4) is 10.8 Å². The summed E-state index contributed by atoms with van der Waals surface area (Å²) in [6.45, 7) is 0. The van der Waals surface area contributed by atoms with E-state index in [0.29, 0.717) is 11.4 Å². The zero-order valence-corrected chi connectivity index (χ0v) is 8.88. The molecule has 0 bridgehead atoms. The third-order valence-electron chi connectivity index (χ3n) is 1.92. The number of nitrogens with zero attached hydrogens (tertiary/aromatic N) is 1. The van der Waals surface area contributed by atoms with E-state index in [1.165, 1.54) is 0 Å². The fraction of sp³-hybridized carbons (Fsp3) is 0. The molecule has 0 spiro atoms. The second-order valence-corrected chi connectivity index (χ2v) is 3.23. The number of halogens is 1. The SMILES string of the molecule is Nc1cc2ccccc2nc1C#CBr. The van der Waals surface area contributed by atoms with Crippen LogP contribution in [0.3, 0.4) is 0 Å². The van der Waals surface area contributed by atoms with Gasteiger partial charge in [0.05, 0.1) is 11.2 Å². The molecule has 0 atom stereocenters. The molecule has 1 aromatic heterocycles. The Balaban J connectivity index is 2.75. The molecule has 3 heteroatoms. The highest BCUT2D eigenvalue weighted by molar-refractivity contribution is 9.12. The highest BCUT2D eigenvalue weighted by Crippen LogP contribution is 2.17. The molecule has 0 aliphatic heterocycles. The van der Waals surface area contributed by atoms with Crippen molar-refractivity contribution in [3.63, 3.8) is 0 Å². The first-order valence-electron chi connectivity index (χ1n) is 4.08. The van der Waals surface area contributed by atoms with Gasteiger partial charge in [-0.3, -0.25) is 0 Å². The molecule has 0 fully saturated rings. The van der Waals surface area contributed by atoms with Crippen LogP contribution in [-0.4, -0.2) is 4.98 Å². The molecule has 14 heavy (non-hydrogen) atoms. The van der Waals surface area contributed by atoms with Crippen LogP contribution in [0, 0.1) is 10.8 Å². The topological polar surface area (TPSA) is 38.9 Å². The third kappa shape index (κ3) is 1.57. The molecule has 1 aromatic carbocycles. The van der Waals surface area contributed by atoms with Crippen LogP contribution in [-0.2, 0) is 0 Å². The zero-order valence-electron chi connectivity index (χ0n) is 7.29. The van der Waals surface area contributed by atoms with Gasteiger partial charge >= 0.3 is 0 Å². The molecule has 2 aromatic rings. The summed E-state index contributed by atoms with van der Waals surface area (Å²) < 4.78 is 0. The maximum absolute atomic E-state index is 5.79. The number of aromatic nitrogens is 1. The minimum absolute atomic E-state index is 0.607. The van der Waals surface area contributed by atoms with Gasteiger partial charge in [-0.1, -0.05) is 18.2 Å². The minimum atomic E-state index is 0.607. The van der Waals surface area contributed by atoms with Crippen molar-refractivity contribution >= 4 is 32.5 Å². The van der Waals surface area contributed by atoms with Gasteiger partial charge in [0.25, 0.3) is 0 Å². The highest BCUT2D eigenvalue weighted by atomic mass is 79.9. The summed E-state index contributed by atoms with van der Waals surface area (Å²) in [6.07, 6.45) is 0. The van der Waals surface area contributed by atoms with E-state index in [0.717, 1.165) is 10.9 Å². The highest BCUT2D eigenvalue weighted by Gasteiger charge is 2.00. The fourth-order valence-electron chi connectivity index (χ4n) is 1.28. The molecule has 68 valence electrons. The van der Waals surface area contributed by atoms with Crippen LogP contribution < -0.4 is 5.73 Å². The Hall–Kier alpha value is -1.53. The number of nitrogens with two attached hydrogens (primary N) is 1. The number of hydrogen-bond donors (Lipinski definition) is 1. The Labute approximate surface area is 90.3 Å². The van der Waals surface area contributed by atoms with E-state index in [1.54, 1.807) is 0 Å². The van der Waals surface area contributed by atoms with Crippen molar-refractivity contribution in [2.45, 2.75) is 0 Å². The Kier molecular flexibility index (Phi) is 2.38. The van der Waals surface area contributed by atoms with Gasteiger partial charge in [0, 0.05) is 21.3 Å². The first kappa shape index (κ1) is 9.04. The number of rotatable bonds is 0. The van der Waals surface area contributed by atoms with Gasteiger partial charge in [0.15, 0.2) is 0 Å². The standard InChI is InChI=1S/C11H7BrN2/c12-6-5-11-9(13)7-8-3-1-2-4-10(8)14-11/h1-4,7H,13H2. The first-order valence-corrected chi connectivity index (χ1v) is 4.87. The Morgan fingerprint density at radius 3 is 2.86 bits per heavy atom. The van der Waals surface area contributed by atoms with Gasteiger partial charge in [0.2, 0.25) is 0 Å². The van der Waals surface area contributed by atoms with Crippen LogP contribution in [0.2, 0.25) is 0 Å². The lowest BCUT2D eigenvalue weighted by atomic mass is 10.2. The third-order valence-corrected chi connectivity index (χ3v) is 2.12. The van der Waals surface area contributed by atoms with Crippen LogP contribution in [0.5, 0.6) is 0 Å². The summed E-state index contributed by atoms with van der Waals surface area (Å²) in [5.74, 6) is 2.80. The molecule has 0 radical (unpaired) electrons. The normalized spacial score (nSPS) is 9.50. The summed E-state index contributed by atoms with van der Waals surface area (Å²) in [4.78, 5) is 6.95. The van der Waals surface area contributed by atoms with Crippen molar-refractivity contribution in [2.24, 2.45) is 0 Å². The Morgan fingerprint density at radius 2 is 2.07 bits per heavy atom. The van der Waals surface area contributed by atoms with Crippen LogP contribution in [0.25, 0.3) is 10.9 Å². The molecule has 2 nitrogen and oxygen atoms in total. The molecular weight excluding hydrogens is 240 g/mol. The van der Waals surface area contributed by atoms with Crippen LogP contribution in [0.4, 0.5) is 5.69 Å². The molecule has 0 aliphatic rings. The van der Waals surface area contributed by atoms with E-state index in [2.05, 4.69) is 31.7 Å². The van der Waals surface area contributed by atoms with Crippen LogP contribution in [0.15, 0.2) is 30.3 Å². The van der Waals surface area contributed by atoms with E-state index in [9.17, 15) is 0 Å². The molecule has 1 heterocycles. The second kappa shape index (κ2) is 3.69. The minimum Gasteiger partial charge on any atom is -0.396 e. The van der Waals surface area contributed by atoms with Gasteiger partial charge in [-0.05, 0) is 22.9 Å². The van der Waals surface area contributed by atoms with Crippen molar-refractivity contribution in [1.82, 2.24) is 4.98 Å². The number of hydrogen-bond acceptors (Lipinski definition) is 2. The number of anilines is 1. The number of para-hydroxylation sites is 1. The molecule has 0 aliphatic carbocycles. The van der Waals surface area contributed by atoms with Gasteiger partial charge in [-0.25, -0.2) is 4.98 Å². The van der Waals surface area contributed by atoms with E-state index >= 15 is 0 Å². The molecule has 0 unspecified atom stereocenters. The van der Waals surface area contributed by atoms with Crippen molar-refractivity contribution in [1.29, 1.82) is 0 Å². The number of pyridine rings is 1. The largest absolute Gasteiger partial charge is 0.396 e. The predicted molar refractivity (Wildman–Crippen MR) is 62.0 cm³/mol. The van der Waals surface area contributed by atoms with Gasteiger partial charge in [-0.2, -0.15) is 0 Å². The van der Waals surface area contributed by atoms with Gasteiger partial charge in [0.1, 0.15) is 5.69 Å². The zero-order chi connectivity index (χ0) is 9.97. The van der Waals surface area contributed by atoms with Gasteiger partial charge < -0.3 is 5.73 Å². The summed E-state index contributed by atoms with van der Waals surface area (Å²) in [5, 5.41) is 1.03. The molecule has 0 saturated carbocycles. The number of fused-ring (bicyclic) bond motifs is 1. The fourth-order valence-corrected chi connectivity index (χ4v) is 1.46. The number of nitrogen functional groups attached to an aromatic ring is 1. The Morgan fingerprint density at radius 1 is 1.29 bits per heavy atom. The Bertz CT molecular complexity index is 538. The van der Waals surface area contributed by atoms with Gasteiger partial charge in [-0.15, -0.1) is 0 Å². The monoisotopic (exact) mass is 246 g/mol. The molecule has 0 amide bonds. The smallest absolute Gasteiger partial charge is 0.137 e. The van der Waals surface area contributed by atoms with E-state index in [1.807, 2.05) is 30.3 Å². The maximum atomic E-state index is 5.79. The van der Waals surface area contributed by atoms with E-state index in [-0.39, 0.29) is 0 Å². The van der Waals surface area contributed by atoms with E-state index < -0.39 is 0 Å². The summed E-state index contributed by atoms with van der Waals surface area (Å²) in [5.41, 5.74) is 7.91. The van der Waals surface area contributed by atoms with E-state index in [4.69, 9.17) is 5.73 Å². The van der Waals surface area contributed by atoms with Crippen LogP contribution >= 0.6 is 15.9 Å². The average Bonchev–Trinajstić information content (AvgIpc) is 2.19. The lowest BCUT2D eigenvalue weighted by Crippen LogP contribution is -1.94. The summed E-state index contributed by atoms with van der Waals surface area (Å²) >= 11 is 3.03. The second-order valence-electron chi connectivity index (χ2n) is 2.84. The van der Waals surface area contributed by atoms with Crippen LogP contribution in [0.1, 0.15) is 5.69 Å². The molecule has 0 saturated heterocycles. The number of benzene rings is 1. The lowest BCUT2D eigenvalue weighted by molar-refractivity contribution is 1.36. The molecule has 2 rings (SSSR count). The predicted octanol–water partition coefficient (Wildman–Crippen LogP) is 2.52. The van der Waals surface area contributed by atoms with Crippen molar-refractivity contribution in [3.05, 3.63) is 36.0 Å². The summed E-state index contributed by atoms with van der Waals surface area (Å²) in [7, 11) is 0. The summed E-state index contributed by atoms with van der Waals surface area (Å²) in [6, 6.07) is 9.70. The average molecular weight is 247 g/mol. The molecule has 2 N–H and O–H groups in total.